The smallest absolute Gasteiger partial charge is 0.161 e. The number of halogens is 1. The van der Waals surface area contributed by atoms with Gasteiger partial charge in [-0.1, -0.05) is 6.07 Å². The largest absolute Gasteiger partial charge is 0.490 e. The molecular formula is C15H17ClO2S. The topological polar surface area (TPSA) is 18.5 Å². The Kier molecular flexibility index (Phi) is 5.11. The van der Waals surface area contributed by atoms with E-state index in [0.717, 1.165) is 22.6 Å². The van der Waals surface area contributed by atoms with Gasteiger partial charge in [-0.3, -0.25) is 0 Å². The number of thiophene rings is 1. The number of rotatable bonds is 6. The quantitative estimate of drug-likeness (QED) is 0.708. The fourth-order valence-electron chi connectivity index (χ4n) is 1.84. The molecule has 0 radical (unpaired) electrons. The van der Waals surface area contributed by atoms with E-state index in [0.29, 0.717) is 13.2 Å². The van der Waals surface area contributed by atoms with Crippen LogP contribution in [-0.2, 0) is 0 Å². The first kappa shape index (κ1) is 14.2. The molecular weight excluding hydrogens is 280 g/mol. The van der Waals surface area contributed by atoms with Crippen molar-refractivity contribution >= 4 is 22.9 Å². The van der Waals surface area contributed by atoms with Gasteiger partial charge in [-0.2, -0.15) is 11.3 Å². The normalized spacial score (nSPS) is 12.2. The molecule has 0 bridgehead atoms. The molecule has 1 aromatic heterocycles. The van der Waals surface area contributed by atoms with Crippen LogP contribution in [-0.4, -0.2) is 13.2 Å². The van der Waals surface area contributed by atoms with Crippen LogP contribution in [0.15, 0.2) is 35.0 Å². The van der Waals surface area contributed by atoms with Crippen molar-refractivity contribution in [3.63, 3.8) is 0 Å². The van der Waals surface area contributed by atoms with Crippen LogP contribution >= 0.6 is 22.9 Å². The maximum atomic E-state index is 6.48. The summed E-state index contributed by atoms with van der Waals surface area (Å²) in [5.74, 6) is 1.52. The summed E-state index contributed by atoms with van der Waals surface area (Å²) in [4.78, 5) is 0. The van der Waals surface area contributed by atoms with Crippen molar-refractivity contribution in [3.8, 4) is 11.5 Å². The van der Waals surface area contributed by atoms with E-state index in [1.54, 1.807) is 11.3 Å². The van der Waals surface area contributed by atoms with Gasteiger partial charge in [-0.25, -0.2) is 0 Å². The molecule has 102 valence electrons. The Morgan fingerprint density at radius 3 is 2.42 bits per heavy atom. The van der Waals surface area contributed by atoms with Crippen LogP contribution in [0.4, 0.5) is 0 Å². The van der Waals surface area contributed by atoms with E-state index in [1.807, 2.05) is 43.5 Å². The summed E-state index contributed by atoms with van der Waals surface area (Å²) < 4.78 is 11.2. The van der Waals surface area contributed by atoms with Crippen molar-refractivity contribution < 1.29 is 9.47 Å². The van der Waals surface area contributed by atoms with Crippen molar-refractivity contribution in [1.82, 2.24) is 0 Å². The minimum atomic E-state index is -0.152. The summed E-state index contributed by atoms with van der Waals surface area (Å²) in [6.07, 6.45) is 0. The number of hydrogen-bond donors (Lipinski definition) is 0. The van der Waals surface area contributed by atoms with Gasteiger partial charge in [0.25, 0.3) is 0 Å². The fraction of sp³-hybridized carbons (Fsp3) is 0.333. The Morgan fingerprint density at radius 1 is 1.05 bits per heavy atom. The first-order valence-electron chi connectivity index (χ1n) is 6.32. The van der Waals surface area contributed by atoms with Crippen molar-refractivity contribution in [2.75, 3.05) is 13.2 Å². The molecule has 0 saturated carbocycles. The number of ether oxygens (including phenoxy) is 2. The molecule has 1 aromatic carbocycles. The van der Waals surface area contributed by atoms with Gasteiger partial charge >= 0.3 is 0 Å². The van der Waals surface area contributed by atoms with Gasteiger partial charge in [0.05, 0.1) is 18.6 Å². The average molecular weight is 297 g/mol. The molecule has 4 heteroatoms. The highest BCUT2D eigenvalue weighted by molar-refractivity contribution is 7.08. The third-order valence-corrected chi connectivity index (χ3v) is 3.90. The standard InChI is InChI=1S/C15H17ClO2S/c1-3-17-13-6-5-11(9-14(13)18-4-2)15(16)12-7-8-19-10-12/h5-10,15H,3-4H2,1-2H3. The molecule has 0 saturated heterocycles. The molecule has 0 spiro atoms. The third-order valence-electron chi connectivity index (χ3n) is 2.70. The Bertz CT molecular complexity index is 511. The zero-order valence-corrected chi connectivity index (χ0v) is 12.6. The van der Waals surface area contributed by atoms with Crippen molar-refractivity contribution in [2.24, 2.45) is 0 Å². The highest BCUT2D eigenvalue weighted by Gasteiger charge is 2.14. The highest BCUT2D eigenvalue weighted by atomic mass is 35.5. The van der Waals surface area contributed by atoms with Gasteiger partial charge in [0.2, 0.25) is 0 Å². The van der Waals surface area contributed by atoms with E-state index >= 15 is 0 Å². The molecule has 2 nitrogen and oxygen atoms in total. The van der Waals surface area contributed by atoms with E-state index in [1.165, 1.54) is 0 Å². The molecule has 2 aromatic rings. The first-order chi connectivity index (χ1) is 9.26. The van der Waals surface area contributed by atoms with Gasteiger partial charge in [0, 0.05) is 0 Å². The summed E-state index contributed by atoms with van der Waals surface area (Å²) in [7, 11) is 0. The van der Waals surface area contributed by atoms with Crippen LogP contribution < -0.4 is 9.47 Å². The number of alkyl halides is 1. The van der Waals surface area contributed by atoms with Gasteiger partial charge in [0.1, 0.15) is 0 Å². The van der Waals surface area contributed by atoms with Gasteiger partial charge < -0.3 is 9.47 Å². The second-order valence-electron chi connectivity index (χ2n) is 3.99. The van der Waals surface area contributed by atoms with E-state index in [2.05, 4.69) is 5.38 Å². The van der Waals surface area contributed by atoms with Crippen molar-refractivity contribution in [1.29, 1.82) is 0 Å². The van der Waals surface area contributed by atoms with E-state index in [9.17, 15) is 0 Å². The average Bonchev–Trinajstić information content (AvgIpc) is 2.94. The van der Waals surface area contributed by atoms with Crippen molar-refractivity contribution in [3.05, 3.63) is 46.2 Å². The molecule has 2 rings (SSSR count). The van der Waals surface area contributed by atoms with Crippen LogP contribution in [0.1, 0.15) is 30.4 Å². The lowest BCUT2D eigenvalue weighted by Crippen LogP contribution is -2.00. The number of hydrogen-bond acceptors (Lipinski definition) is 3. The Labute approximate surface area is 122 Å². The van der Waals surface area contributed by atoms with E-state index < -0.39 is 0 Å². The summed E-state index contributed by atoms with van der Waals surface area (Å²) in [5.41, 5.74) is 2.13. The summed E-state index contributed by atoms with van der Waals surface area (Å²) in [6.45, 7) is 5.14. The zero-order chi connectivity index (χ0) is 13.7. The Balaban J connectivity index is 2.29. The SMILES string of the molecule is CCOc1ccc(C(Cl)c2ccsc2)cc1OCC. The lowest BCUT2D eigenvalue weighted by atomic mass is 10.1. The minimum Gasteiger partial charge on any atom is -0.490 e. The van der Waals surface area contributed by atoms with Gasteiger partial charge in [-0.05, 0) is 53.9 Å². The molecule has 1 unspecified atom stereocenters. The second kappa shape index (κ2) is 6.83. The molecule has 0 aliphatic heterocycles. The lowest BCUT2D eigenvalue weighted by Gasteiger charge is -2.14. The molecule has 1 atom stereocenters. The zero-order valence-electron chi connectivity index (χ0n) is 11.1. The molecule has 0 fully saturated rings. The predicted octanol–water partition coefficient (Wildman–Crippen LogP) is 4.87. The molecule has 0 N–H and O–H groups in total. The van der Waals surface area contributed by atoms with E-state index in [4.69, 9.17) is 21.1 Å². The second-order valence-corrected chi connectivity index (χ2v) is 5.21. The van der Waals surface area contributed by atoms with Crippen LogP contribution in [0.3, 0.4) is 0 Å². The molecule has 0 amide bonds. The molecule has 0 aliphatic rings. The first-order valence-corrected chi connectivity index (χ1v) is 7.69. The third kappa shape index (κ3) is 3.43. The van der Waals surface area contributed by atoms with Gasteiger partial charge in [-0.15, -0.1) is 11.6 Å². The minimum absolute atomic E-state index is 0.152. The van der Waals surface area contributed by atoms with Crippen LogP contribution in [0.2, 0.25) is 0 Å². The van der Waals surface area contributed by atoms with Crippen LogP contribution in [0.25, 0.3) is 0 Å². The van der Waals surface area contributed by atoms with Crippen LogP contribution in [0, 0.1) is 0 Å². The maximum Gasteiger partial charge on any atom is 0.161 e. The fourth-order valence-corrected chi connectivity index (χ4v) is 2.87. The Morgan fingerprint density at radius 2 is 1.79 bits per heavy atom. The molecule has 1 heterocycles. The molecule has 19 heavy (non-hydrogen) atoms. The molecule has 0 aliphatic carbocycles. The maximum absolute atomic E-state index is 6.48. The summed E-state index contributed by atoms with van der Waals surface area (Å²) >= 11 is 8.13. The summed E-state index contributed by atoms with van der Waals surface area (Å²) in [5, 5.41) is 3.94. The highest BCUT2D eigenvalue weighted by Crippen LogP contribution is 2.36. The van der Waals surface area contributed by atoms with E-state index in [-0.39, 0.29) is 5.38 Å². The lowest BCUT2D eigenvalue weighted by molar-refractivity contribution is 0.287. The summed E-state index contributed by atoms with van der Waals surface area (Å²) in [6, 6.07) is 7.91. The Hall–Kier alpha value is -1.19. The van der Waals surface area contributed by atoms with Crippen LogP contribution in [0.5, 0.6) is 11.5 Å². The van der Waals surface area contributed by atoms with Gasteiger partial charge in [0.15, 0.2) is 11.5 Å². The van der Waals surface area contributed by atoms with Crippen molar-refractivity contribution in [2.45, 2.75) is 19.2 Å². The number of benzene rings is 1. The monoisotopic (exact) mass is 296 g/mol. The predicted molar refractivity (Wildman–Crippen MR) is 80.8 cm³/mol.